The summed E-state index contributed by atoms with van der Waals surface area (Å²) in [7, 11) is 0. The number of allylic oxidation sites excluding steroid dienone is 3. The van der Waals surface area contributed by atoms with E-state index in [1.54, 1.807) is 0 Å². The summed E-state index contributed by atoms with van der Waals surface area (Å²) in [5.74, 6) is 0.756. The van der Waals surface area contributed by atoms with Gasteiger partial charge in [0.25, 0.3) is 0 Å². The molecule has 1 fully saturated rings. The van der Waals surface area contributed by atoms with Gasteiger partial charge in [-0.05, 0) is 12.3 Å². The summed E-state index contributed by atoms with van der Waals surface area (Å²) < 4.78 is 5.46. The molecule has 1 aliphatic heterocycles. The quantitative estimate of drug-likeness (QED) is 0.741. The molecule has 1 aliphatic carbocycles. The van der Waals surface area contributed by atoms with Crippen LogP contribution in [-0.4, -0.2) is 37.7 Å². The highest BCUT2D eigenvalue weighted by Crippen LogP contribution is 2.39. The second-order valence-corrected chi connectivity index (χ2v) is 5.80. The van der Waals surface area contributed by atoms with Crippen molar-refractivity contribution in [3.63, 3.8) is 0 Å². The zero-order valence-corrected chi connectivity index (χ0v) is 11.9. The largest absolute Gasteiger partial charge is 0.379 e. The van der Waals surface area contributed by atoms with Crippen LogP contribution in [0.2, 0.25) is 0 Å². The Kier molecular flexibility index (Phi) is 5.02. The molecule has 0 saturated carbocycles. The monoisotopic (exact) mass is 249 g/mol. The molecule has 2 aliphatic rings. The molecule has 102 valence electrons. The Labute approximate surface area is 112 Å². The molecule has 2 rings (SSSR count). The number of nitrogens with zero attached hydrogens (tertiary/aromatic N) is 1. The molecule has 2 atom stereocenters. The van der Waals surface area contributed by atoms with Crippen molar-refractivity contribution >= 4 is 0 Å². The topological polar surface area (TPSA) is 12.5 Å². The molecule has 2 nitrogen and oxygen atoms in total. The van der Waals surface area contributed by atoms with Gasteiger partial charge < -0.3 is 4.74 Å². The summed E-state index contributed by atoms with van der Waals surface area (Å²) in [6.45, 7) is 9.90. The SMILES string of the molecule is CCCC(C)C1(CN2CCOCC2)C=CC=CC1. The van der Waals surface area contributed by atoms with E-state index in [9.17, 15) is 0 Å². The number of morpholine rings is 1. The third-order valence-corrected chi connectivity index (χ3v) is 4.50. The molecule has 2 heteroatoms. The first-order chi connectivity index (χ1) is 8.77. The van der Waals surface area contributed by atoms with Crippen LogP contribution in [0.4, 0.5) is 0 Å². The average molecular weight is 249 g/mol. The van der Waals surface area contributed by atoms with Crippen LogP contribution in [0, 0.1) is 11.3 Å². The lowest BCUT2D eigenvalue weighted by molar-refractivity contribution is 0.0140. The van der Waals surface area contributed by atoms with Crippen LogP contribution in [-0.2, 0) is 4.74 Å². The molecule has 0 bridgehead atoms. The van der Waals surface area contributed by atoms with Gasteiger partial charge in [-0.15, -0.1) is 0 Å². The van der Waals surface area contributed by atoms with E-state index in [0.717, 1.165) is 32.2 Å². The van der Waals surface area contributed by atoms with Crippen molar-refractivity contribution in [1.82, 2.24) is 4.90 Å². The van der Waals surface area contributed by atoms with Gasteiger partial charge in [-0.1, -0.05) is 51.0 Å². The highest BCUT2D eigenvalue weighted by molar-refractivity contribution is 5.18. The first-order valence-corrected chi connectivity index (χ1v) is 7.41. The Bertz CT molecular complexity index is 304. The highest BCUT2D eigenvalue weighted by Gasteiger charge is 2.35. The van der Waals surface area contributed by atoms with Crippen molar-refractivity contribution in [2.45, 2.75) is 33.1 Å². The van der Waals surface area contributed by atoms with Gasteiger partial charge in [0.15, 0.2) is 0 Å². The summed E-state index contributed by atoms with van der Waals surface area (Å²) >= 11 is 0. The maximum absolute atomic E-state index is 5.46. The molecule has 1 heterocycles. The Hall–Kier alpha value is -0.600. The van der Waals surface area contributed by atoms with E-state index in [4.69, 9.17) is 4.74 Å². The highest BCUT2D eigenvalue weighted by atomic mass is 16.5. The Morgan fingerprint density at radius 2 is 2.06 bits per heavy atom. The van der Waals surface area contributed by atoms with Gasteiger partial charge in [-0.25, -0.2) is 0 Å². The first kappa shape index (κ1) is 13.8. The van der Waals surface area contributed by atoms with E-state index in [1.807, 2.05) is 0 Å². The molecule has 0 aromatic rings. The lowest BCUT2D eigenvalue weighted by Gasteiger charge is -2.42. The Balaban J connectivity index is 2.04. The van der Waals surface area contributed by atoms with Crippen molar-refractivity contribution in [2.75, 3.05) is 32.8 Å². The second kappa shape index (κ2) is 6.53. The van der Waals surface area contributed by atoms with Crippen molar-refractivity contribution in [1.29, 1.82) is 0 Å². The molecule has 0 radical (unpaired) electrons. The molecular weight excluding hydrogens is 222 g/mol. The fraction of sp³-hybridized carbons (Fsp3) is 0.750. The van der Waals surface area contributed by atoms with E-state index in [-0.39, 0.29) is 0 Å². The zero-order valence-electron chi connectivity index (χ0n) is 11.9. The Morgan fingerprint density at radius 3 is 2.67 bits per heavy atom. The van der Waals surface area contributed by atoms with E-state index in [0.29, 0.717) is 5.41 Å². The van der Waals surface area contributed by atoms with E-state index >= 15 is 0 Å². The summed E-state index contributed by atoms with van der Waals surface area (Å²) in [5.41, 5.74) is 0.349. The predicted octanol–water partition coefficient (Wildman–Crippen LogP) is 3.26. The number of ether oxygens (including phenoxy) is 1. The summed E-state index contributed by atoms with van der Waals surface area (Å²) in [6, 6.07) is 0. The zero-order chi connectivity index (χ0) is 12.8. The molecule has 0 N–H and O–H groups in total. The van der Waals surface area contributed by atoms with Crippen molar-refractivity contribution in [3.8, 4) is 0 Å². The fourth-order valence-corrected chi connectivity index (χ4v) is 3.22. The molecular formula is C16H27NO. The number of rotatable bonds is 5. The van der Waals surface area contributed by atoms with Crippen LogP contribution >= 0.6 is 0 Å². The minimum atomic E-state index is 0.349. The standard InChI is InChI=1S/C16H27NO/c1-3-7-15(2)16(8-5-4-6-9-16)14-17-10-12-18-13-11-17/h4-6,8,15H,3,7,9-14H2,1-2H3. The molecule has 1 saturated heterocycles. The predicted molar refractivity (Wildman–Crippen MR) is 76.7 cm³/mol. The maximum atomic E-state index is 5.46. The van der Waals surface area contributed by atoms with Gasteiger partial charge >= 0.3 is 0 Å². The average Bonchev–Trinajstić information content (AvgIpc) is 2.41. The molecule has 2 unspecified atom stereocenters. The lowest BCUT2D eigenvalue weighted by Crippen LogP contribution is -2.45. The first-order valence-electron chi connectivity index (χ1n) is 7.41. The summed E-state index contributed by atoms with van der Waals surface area (Å²) in [4.78, 5) is 2.58. The van der Waals surface area contributed by atoms with Gasteiger partial charge in [0.05, 0.1) is 13.2 Å². The number of hydrogen-bond acceptors (Lipinski definition) is 2. The summed E-state index contributed by atoms with van der Waals surface area (Å²) in [6.07, 6.45) is 13.0. The minimum absolute atomic E-state index is 0.349. The van der Waals surface area contributed by atoms with Gasteiger partial charge in [0, 0.05) is 25.0 Å². The smallest absolute Gasteiger partial charge is 0.0594 e. The minimum Gasteiger partial charge on any atom is -0.379 e. The van der Waals surface area contributed by atoms with E-state index in [2.05, 4.69) is 43.1 Å². The van der Waals surface area contributed by atoms with E-state index < -0.39 is 0 Å². The second-order valence-electron chi connectivity index (χ2n) is 5.80. The van der Waals surface area contributed by atoms with Gasteiger partial charge in [-0.3, -0.25) is 4.90 Å². The third-order valence-electron chi connectivity index (χ3n) is 4.50. The van der Waals surface area contributed by atoms with Crippen LogP contribution in [0.15, 0.2) is 24.3 Å². The number of hydrogen-bond donors (Lipinski definition) is 0. The van der Waals surface area contributed by atoms with Crippen molar-refractivity contribution < 1.29 is 4.74 Å². The van der Waals surface area contributed by atoms with Crippen LogP contribution < -0.4 is 0 Å². The van der Waals surface area contributed by atoms with Gasteiger partial charge in [0.1, 0.15) is 0 Å². The molecule has 0 aromatic carbocycles. The van der Waals surface area contributed by atoms with Crippen LogP contribution in [0.3, 0.4) is 0 Å². The fourth-order valence-electron chi connectivity index (χ4n) is 3.22. The van der Waals surface area contributed by atoms with Crippen molar-refractivity contribution in [3.05, 3.63) is 24.3 Å². The Morgan fingerprint density at radius 1 is 1.28 bits per heavy atom. The van der Waals surface area contributed by atoms with Crippen LogP contribution in [0.25, 0.3) is 0 Å². The maximum Gasteiger partial charge on any atom is 0.0594 e. The van der Waals surface area contributed by atoms with Gasteiger partial charge in [0.2, 0.25) is 0 Å². The van der Waals surface area contributed by atoms with Crippen LogP contribution in [0.1, 0.15) is 33.1 Å². The molecule has 0 amide bonds. The lowest BCUT2D eigenvalue weighted by atomic mass is 9.69. The normalized spacial score (nSPS) is 30.6. The molecule has 0 aromatic heterocycles. The summed E-state index contributed by atoms with van der Waals surface area (Å²) in [5, 5.41) is 0. The van der Waals surface area contributed by atoms with E-state index in [1.165, 1.54) is 25.8 Å². The third kappa shape index (κ3) is 3.24. The molecule has 18 heavy (non-hydrogen) atoms. The van der Waals surface area contributed by atoms with Gasteiger partial charge in [-0.2, -0.15) is 0 Å². The molecule has 0 spiro atoms. The van der Waals surface area contributed by atoms with Crippen LogP contribution in [0.5, 0.6) is 0 Å². The van der Waals surface area contributed by atoms with Crippen molar-refractivity contribution in [2.24, 2.45) is 11.3 Å².